The summed E-state index contributed by atoms with van der Waals surface area (Å²) >= 11 is 0. The number of ether oxygens (including phenoxy) is 1. The van der Waals surface area contributed by atoms with Gasteiger partial charge in [0.2, 0.25) is 5.88 Å². The molecule has 15 heavy (non-hydrogen) atoms. The van der Waals surface area contributed by atoms with Gasteiger partial charge in [-0.3, -0.25) is 4.98 Å². The molecule has 4 nitrogen and oxygen atoms in total. The lowest BCUT2D eigenvalue weighted by Gasteiger charge is -2.15. The van der Waals surface area contributed by atoms with Crippen molar-refractivity contribution in [2.24, 2.45) is 11.7 Å². The minimum Gasteiger partial charge on any atom is -0.474 e. The highest BCUT2D eigenvalue weighted by Crippen LogP contribution is 2.12. The van der Waals surface area contributed by atoms with Crippen LogP contribution in [0.5, 0.6) is 5.88 Å². The standard InChI is InChI=1S/C11H19N3O/c1-8(2)4-9(3)15-11-7-13-10(5-12)6-14-11/h6-9H,4-5,12H2,1-3H3. The molecule has 0 saturated heterocycles. The van der Waals surface area contributed by atoms with Gasteiger partial charge >= 0.3 is 0 Å². The second-order valence-corrected chi connectivity index (χ2v) is 4.11. The predicted molar refractivity (Wildman–Crippen MR) is 59.5 cm³/mol. The van der Waals surface area contributed by atoms with Gasteiger partial charge in [0.05, 0.1) is 24.2 Å². The van der Waals surface area contributed by atoms with E-state index in [0.717, 1.165) is 12.1 Å². The predicted octanol–water partition coefficient (Wildman–Crippen LogP) is 1.75. The number of hydrogen-bond acceptors (Lipinski definition) is 4. The van der Waals surface area contributed by atoms with Crippen molar-refractivity contribution in [1.82, 2.24) is 9.97 Å². The van der Waals surface area contributed by atoms with Crippen molar-refractivity contribution in [2.45, 2.75) is 39.8 Å². The maximum Gasteiger partial charge on any atom is 0.232 e. The highest BCUT2D eigenvalue weighted by Gasteiger charge is 2.07. The molecule has 0 aliphatic heterocycles. The second-order valence-electron chi connectivity index (χ2n) is 4.11. The van der Waals surface area contributed by atoms with Crippen LogP contribution >= 0.6 is 0 Å². The summed E-state index contributed by atoms with van der Waals surface area (Å²) in [7, 11) is 0. The molecule has 1 heterocycles. The smallest absolute Gasteiger partial charge is 0.232 e. The normalized spacial score (nSPS) is 12.9. The number of aromatic nitrogens is 2. The average molecular weight is 209 g/mol. The lowest BCUT2D eigenvalue weighted by atomic mass is 10.1. The van der Waals surface area contributed by atoms with E-state index in [2.05, 4.69) is 23.8 Å². The number of hydrogen-bond donors (Lipinski definition) is 1. The summed E-state index contributed by atoms with van der Waals surface area (Å²) in [5.74, 6) is 1.19. The van der Waals surface area contributed by atoms with E-state index in [4.69, 9.17) is 10.5 Å². The van der Waals surface area contributed by atoms with Gasteiger partial charge < -0.3 is 10.5 Å². The number of nitrogens with zero attached hydrogens (tertiary/aromatic N) is 2. The molecule has 0 spiro atoms. The van der Waals surface area contributed by atoms with E-state index >= 15 is 0 Å². The van der Waals surface area contributed by atoms with Gasteiger partial charge in [0.25, 0.3) is 0 Å². The van der Waals surface area contributed by atoms with Crippen LogP contribution in [-0.2, 0) is 6.54 Å². The molecule has 1 unspecified atom stereocenters. The summed E-state index contributed by atoms with van der Waals surface area (Å²) in [5.41, 5.74) is 6.20. The van der Waals surface area contributed by atoms with Crippen LogP contribution in [0.4, 0.5) is 0 Å². The molecule has 0 aromatic carbocycles. The summed E-state index contributed by atoms with van der Waals surface area (Å²) in [4.78, 5) is 8.25. The Morgan fingerprint density at radius 3 is 2.47 bits per heavy atom. The summed E-state index contributed by atoms with van der Waals surface area (Å²) in [6, 6.07) is 0. The van der Waals surface area contributed by atoms with E-state index < -0.39 is 0 Å². The van der Waals surface area contributed by atoms with Crippen LogP contribution in [0.15, 0.2) is 12.4 Å². The van der Waals surface area contributed by atoms with Crippen molar-refractivity contribution in [3.05, 3.63) is 18.1 Å². The molecule has 0 saturated carbocycles. The number of nitrogens with two attached hydrogens (primary N) is 1. The second kappa shape index (κ2) is 5.66. The highest BCUT2D eigenvalue weighted by molar-refractivity contribution is 5.07. The van der Waals surface area contributed by atoms with Crippen LogP contribution in [0.2, 0.25) is 0 Å². The maximum atomic E-state index is 5.61. The lowest BCUT2D eigenvalue weighted by molar-refractivity contribution is 0.185. The molecule has 0 bridgehead atoms. The van der Waals surface area contributed by atoms with Crippen molar-refractivity contribution in [3.63, 3.8) is 0 Å². The fourth-order valence-electron chi connectivity index (χ4n) is 1.43. The molecular formula is C11H19N3O. The zero-order chi connectivity index (χ0) is 11.3. The largest absolute Gasteiger partial charge is 0.474 e. The molecular weight excluding hydrogens is 190 g/mol. The van der Waals surface area contributed by atoms with E-state index in [9.17, 15) is 0 Å². The van der Waals surface area contributed by atoms with Gasteiger partial charge in [-0.2, -0.15) is 0 Å². The maximum absolute atomic E-state index is 5.61. The van der Waals surface area contributed by atoms with Crippen molar-refractivity contribution < 1.29 is 4.74 Å². The minimum absolute atomic E-state index is 0.169. The Hall–Kier alpha value is -1.16. The quantitative estimate of drug-likeness (QED) is 0.802. The highest BCUT2D eigenvalue weighted by atomic mass is 16.5. The van der Waals surface area contributed by atoms with Crippen LogP contribution in [-0.4, -0.2) is 16.1 Å². The molecule has 0 aliphatic rings. The minimum atomic E-state index is 0.169. The molecule has 1 aromatic rings. The zero-order valence-electron chi connectivity index (χ0n) is 9.60. The lowest BCUT2D eigenvalue weighted by Crippen LogP contribution is -2.15. The third-order valence-electron chi connectivity index (χ3n) is 2.02. The van der Waals surface area contributed by atoms with E-state index in [1.165, 1.54) is 0 Å². The summed E-state index contributed by atoms with van der Waals surface area (Å²) < 4.78 is 5.61. The average Bonchev–Trinajstić information content (AvgIpc) is 2.17. The first kappa shape index (κ1) is 11.9. The van der Waals surface area contributed by atoms with Gasteiger partial charge in [0.1, 0.15) is 0 Å². The van der Waals surface area contributed by atoms with Crippen LogP contribution in [0.25, 0.3) is 0 Å². The van der Waals surface area contributed by atoms with Crippen LogP contribution in [0, 0.1) is 5.92 Å². The fourth-order valence-corrected chi connectivity index (χ4v) is 1.43. The molecule has 4 heteroatoms. The van der Waals surface area contributed by atoms with E-state index in [1.54, 1.807) is 12.4 Å². The molecule has 0 amide bonds. The zero-order valence-corrected chi connectivity index (χ0v) is 9.60. The van der Waals surface area contributed by atoms with Gasteiger partial charge in [0.15, 0.2) is 0 Å². The third kappa shape index (κ3) is 4.25. The molecule has 1 atom stereocenters. The fraction of sp³-hybridized carbons (Fsp3) is 0.636. The van der Waals surface area contributed by atoms with E-state index in [1.807, 2.05) is 6.92 Å². The van der Waals surface area contributed by atoms with E-state index in [-0.39, 0.29) is 6.10 Å². The van der Waals surface area contributed by atoms with E-state index in [0.29, 0.717) is 18.3 Å². The Kier molecular flexibility index (Phi) is 4.49. The Labute approximate surface area is 90.9 Å². The van der Waals surface area contributed by atoms with Crippen LogP contribution in [0.1, 0.15) is 32.9 Å². The first-order valence-electron chi connectivity index (χ1n) is 5.29. The molecule has 0 fully saturated rings. The summed E-state index contributed by atoms with van der Waals surface area (Å²) in [6.07, 6.45) is 4.46. The Bertz CT molecular complexity index is 284. The Morgan fingerprint density at radius 1 is 1.27 bits per heavy atom. The molecule has 0 aliphatic carbocycles. The SMILES string of the molecule is CC(C)CC(C)Oc1cnc(CN)cn1. The van der Waals surface area contributed by atoms with Gasteiger partial charge in [-0.1, -0.05) is 13.8 Å². The molecule has 1 rings (SSSR count). The number of rotatable bonds is 5. The van der Waals surface area contributed by atoms with Gasteiger partial charge in [-0.25, -0.2) is 4.98 Å². The molecule has 84 valence electrons. The van der Waals surface area contributed by atoms with Crippen molar-refractivity contribution in [3.8, 4) is 5.88 Å². The van der Waals surface area contributed by atoms with Crippen LogP contribution in [0.3, 0.4) is 0 Å². The molecule has 2 N–H and O–H groups in total. The van der Waals surface area contributed by atoms with Crippen LogP contribution < -0.4 is 10.5 Å². The first-order valence-corrected chi connectivity index (χ1v) is 5.29. The topological polar surface area (TPSA) is 61.0 Å². The molecule has 0 radical (unpaired) electrons. The van der Waals surface area contributed by atoms with Crippen molar-refractivity contribution >= 4 is 0 Å². The van der Waals surface area contributed by atoms with Gasteiger partial charge in [-0.15, -0.1) is 0 Å². The van der Waals surface area contributed by atoms with Gasteiger partial charge in [-0.05, 0) is 19.3 Å². The summed E-state index contributed by atoms with van der Waals surface area (Å²) in [5, 5.41) is 0. The van der Waals surface area contributed by atoms with Crippen molar-refractivity contribution in [1.29, 1.82) is 0 Å². The Morgan fingerprint density at radius 2 is 2.00 bits per heavy atom. The summed E-state index contributed by atoms with van der Waals surface area (Å²) in [6.45, 7) is 6.79. The van der Waals surface area contributed by atoms with Gasteiger partial charge in [0, 0.05) is 6.54 Å². The first-order chi connectivity index (χ1) is 7.11. The monoisotopic (exact) mass is 209 g/mol. The van der Waals surface area contributed by atoms with Crippen molar-refractivity contribution in [2.75, 3.05) is 0 Å². The Balaban J connectivity index is 2.49. The molecule has 1 aromatic heterocycles. The third-order valence-corrected chi connectivity index (χ3v) is 2.02.